The monoisotopic (exact) mass is 323 g/mol. The highest BCUT2D eigenvalue weighted by Gasteiger charge is 2.53. The number of hydrogen-bond donors (Lipinski definition) is 0. The number of nitrogens with zero attached hydrogens (tertiary/aromatic N) is 1. The minimum Gasteiger partial charge on any atom is -0.444 e. The molecule has 2 rings (SSSR count). The molecule has 1 aliphatic carbocycles. The van der Waals surface area contributed by atoms with Gasteiger partial charge in [-0.1, -0.05) is 22.6 Å². The van der Waals surface area contributed by atoms with Gasteiger partial charge in [0.25, 0.3) is 0 Å². The maximum atomic E-state index is 11.7. The standard InChI is InChI=1S/C11H18INO2/c1-10(2,3)15-9(14)13-6-11(7-13)4-8(12)5-11/h8H,4-7H2,1-3H3. The fourth-order valence-corrected chi connectivity index (χ4v) is 4.23. The highest BCUT2D eigenvalue weighted by molar-refractivity contribution is 14.1. The normalized spacial score (nSPS) is 24.7. The largest absolute Gasteiger partial charge is 0.444 e. The maximum Gasteiger partial charge on any atom is 0.410 e. The summed E-state index contributed by atoms with van der Waals surface area (Å²) in [5.41, 5.74) is 0.0913. The molecule has 0 bridgehead atoms. The number of halogens is 1. The molecule has 1 amide bonds. The number of rotatable bonds is 0. The van der Waals surface area contributed by atoms with Gasteiger partial charge in [-0.05, 0) is 33.6 Å². The van der Waals surface area contributed by atoms with Crippen LogP contribution in [0.5, 0.6) is 0 Å². The van der Waals surface area contributed by atoms with E-state index in [1.807, 2.05) is 25.7 Å². The summed E-state index contributed by atoms with van der Waals surface area (Å²) in [6, 6.07) is 0. The van der Waals surface area contributed by atoms with Crippen molar-refractivity contribution in [2.75, 3.05) is 13.1 Å². The molecule has 0 aromatic carbocycles. The van der Waals surface area contributed by atoms with Crippen molar-refractivity contribution >= 4 is 28.7 Å². The molecule has 2 aliphatic rings. The molecule has 0 atom stereocenters. The van der Waals surface area contributed by atoms with E-state index in [0.29, 0.717) is 5.41 Å². The third-order valence-corrected chi connectivity index (χ3v) is 3.89. The summed E-state index contributed by atoms with van der Waals surface area (Å²) in [6.45, 7) is 7.53. The molecule has 0 aromatic heterocycles. The Morgan fingerprint density at radius 1 is 1.40 bits per heavy atom. The second-order valence-corrected chi connectivity index (χ2v) is 7.60. The first-order valence-electron chi connectivity index (χ1n) is 5.42. The number of alkyl halides is 1. The molecule has 0 unspecified atom stereocenters. The molecular formula is C11H18INO2. The third-order valence-electron chi connectivity index (χ3n) is 3.01. The van der Waals surface area contributed by atoms with Crippen molar-refractivity contribution in [1.82, 2.24) is 4.90 Å². The van der Waals surface area contributed by atoms with Crippen LogP contribution in [0.4, 0.5) is 4.79 Å². The SMILES string of the molecule is CC(C)(C)OC(=O)N1CC2(CC(I)C2)C1. The van der Waals surface area contributed by atoms with E-state index in [1.165, 1.54) is 12.8 Å². The molecule has 0 aromatic rings. The zero-order chi connectivity index (χ0) is 11.3. The van der Waals surface area contributed by atoms with Gasteiger partial charge >= 0.3 is 6.09 Å². The van der Waals surface area contributed by atoms with Crippen molar-refractivity contribution in [2.45, 2.75) is 43.1 Å². The summed E-state index contributed by atoms with van der Waals surface area (Å²) in [5.74, 6) is 0. The first-order valence-corrected chi connectivity index (χ1v) is 6.66. The molecule has 4 heteroatoms. The summed E-state index contributed by atoms with van der Waals surface area (Å²) in [7, 11) is 0. The number of carbonyl (C=O) groups is 1. The number of carbonyl (C=O) groups excluding carboxylic acids is 1. The minimum absolute atomic E-state index is 0.148. The van der Waals surface area contributed by atoms with Crippen LogP contribution in [-0.2, 0) is 4.74 Å². The van der Waals surface area contributed by atoms with Crippen LogP contribution in [-0.4, -0.2) is 33.6 Å². The van der Waals surface area contributed by atoms with Crippen molar-refractivity contribution in [1.29, 1.82) is 0 Å². The molecular weight excluding hydrogens is 305 g/mol. The summed E-state index contributed by atoms with van der Waals surface area (Å²) < 4.78 is 6.14. The van der Waals surface area contributed by atoms with Gasteiger partial charge in [-0.15, -0.1) is 0 Å². The first-order chi connectivity index (χ1) is 6.80. The van der Waals surface area contributed by atoms with E-state index in [9.17, 15) is 4.79 Å². The van der Waals surface area contributed by atoms with Crippen LogP contribution in [0.25, 0.3) is 0 Å². The molecule has 1 heterocycles. The van der Waals surface area contributed by atoms with Gasteiger partial charge in [0.2, 0.25) is 0 Å². The summed E-state index contributed by atoms with van der Waals surface area (Å²) in [4.78, 5) is 13.5. The minimum atomic E-state index is -0.370. The second kappa shape index (κ2) is 3.50. The topological polar surface area (TPSA) is 29.5 Å². The summed E-state index contributed by atoms with van der Waals surface area (Å²) in [5, 5.41) is 0. The van der Waals surface area contributed by atoms with Crippen LogP contribution >= 0.6 is 22.6 Å². The van der Waals surface area contributed by atoms with Gasteiger partial charge in [0.1, 0.15) is 5.60 Å². The van der Waals surface area contributed by atoms with Gasteiger partial charge in [0, 0.05) is 22.4 Å². The highest BCUT2D eigenvalue weighted by atomic mass is 127. The van der Waals surface area contributed by atoms with Gasteiger partial charge in [-0.3, -0.25) is 0 Å². The Kier molecular flexibility index (Phi) is 2.68. The van der Waals surface area contributed by atoms with Crippen LogP contribution in [0.2, 0.25) is 0 Å². The van der Waals surface area contributed by atoms with Gasteiger partial charge in [0.05, 0.1) is 0 Å². The zero-order valence-corrected chi connectivity index (χ0v) is 11.7. The van der Waals surface area contributed by atoms with Crippen LogP contribution in [0.3, 0.4) is 0 Å². The molecule has 0 N–H and O–H groups in total. The Balaban J connectivity index is 1.77. The van der Waals surface area contributed by atoms with E-state index in [0.717, 1.165) is 17.0 Å². The molecule has 3 nitrogen and oxygen atoms in total. The number of likely N-dealkylation sites (tertiary alicyclic amines) is 1. The molecule has 15 heavy (non-hydrogen) atoms. The van der Waals surface area contributed by atoms with Crippen molar-refractivity contribution in [3.63, 3.8) is 0 Å². The Labute approximate surface area is 105 Å². The maximum absolute atomic E-state index is 11.7. The predicted octanol–water partition coefficient (Wildman–Crippen LogP) is 2.82. The fraction of sp³-hybridized carbons (Fsp3) is 0.909. The van der Waals surface area contributed by atoms with E-state index >= 15 is 0 Å². The Hall–Kier alpha value is 0. The van der Waals surface area contributed by atoms with Crippen LogP contribution in [0.15, 0.2) is 0 Å². The average molecular weight is 323 g/mol. The Morgan fingerprint density at radius 2 is 1.93 bits per heavy atom. The quantitative estimate of drug-likeness (QED) is 0.507. The van der Waals surface area contributed by atoms with Crippen molar-refractivity contribution < 1.29 is 9.53 Å². The second-order valence-electron chi connectivity index (χ2n) is 5.84. The first kappa shape index (κ1) is 11.5. The molecule has 1 saturated carbocycles. The van der Waals surface area contributed by atoms with Crippen LogP contribution in [0.1, 0.15) is 33.6 Å². The molecule has 0 radical (unpaired) electrons. The van der Waals surface area contributed by atoms with E-state index in [4.69, 9.17) is 4.74 Å². The van der Waals surface area contributed by atoms with E-state index in [1.54, 1.807) is 0 Å². The molecule has 1 aliphatic heterocycles. The molecule has 2 fully saturated rings. The van der Waals surface area contributed by atoms with Gasteiger partial charge < -0.3 is 9.64 Å². The lowest BCUT2D eigenvalue weighted by molar-refractivity contribution is -0.0640. The number of hydrogen-bond acceptors (Lipinski definition) is 2. The lowest BCUT2D eigenvalue weighted by Crippen LogP contribution is -2.64. The van der Waals surface area contributed by atoms with Gasteiger partial charge in [0.15, 0.2) is 0 Å². The van der Waals surface area contributed by atoms with Gasteiger partial charge in [-0.2, -0.15) is 0 Å². The molecule has 1 spiro atoms. The zero-order valence-electron chi connectivity index (χ0n) is 9.55. The van der Waals surface area contributed by atoms with Crippen LogP contribution < -0.4 is 0 Å². The fourth-order valence-electron chi connectivity index (χ4n) is 2.36. The van der Waals surface area contributed by atoms with E-state index in [-0.39, 0.29) is 11.7 Å². The number of ether oxygens (including phenoxy) is 1. The van der Waals surface area contributed by atoms with Crippen LogP contribution in [0, 0.1) is 5.41 Å². The Bertz CT molecular complexity index is 271. The summed E-state index contributed by atoms with van der Waals surface area (Å²) >= 11 is 2.49. The number of amides is 1. The van der Waals surface area contributed by atoms with Crippen molar-refractivity contribution in [3.8, 4) is 0 Å². The average Bonchev–Trinajstić information content (AvgIpc) is 1.89. The van der Waals surface area contributed by atoms with E-state index < -0.39 is 0 Å². The van der Waals surface area contributed by atoms with E-state index in [2.05, 4.69) is 22.6 Å². The Morgan fingerprint density at radius 3 is 2.33 bits per heavy atom. The van der Waals surface area contributed by atoms with Crippen molar-refractivity contribution in [3.05, 3.63) is 0 Å². The lowest BCUT2D eigenvalue weighted by atomic mass is 9.64. The summed E-state index contributed by atoms with van der Waals surface area (Å²) in [6.07, 6.45) is 2.39. The van der Waals surface area contributed by atoms with Gasteiger partial charge in [-0.25, -0.2) is 4.79 Å². The lowest BCUT2D eigenvalue weighted by Gasteiger charge is -2.57. The molecule has 1 saturated heterocycles. The highest BCUT2D eigenvalue weighted by Crippen LogP contribution is 2.51. The van der Waals surface area contributed by atoms with Crippen molar-refractivity contribution in [2.24, 2.45) is 5.41 Å². The predicted molar refractivity (Wildman–Crippen MR) is 67.3 cm³/mol. The smallest absolute Gasteiger partial charge is 0.410 e. The third kappa shape index (κ3) is 2.40. The molecule has 86 valence electrons.